The number of hydrogen-bond acceptors (Lipinski definition) is 3. The second-order valence-corrected chi connectivity index (χ2v) is 8.84. The Bertz CT molecular complexity index is 677. The van der Waals surface area contributed by atoms with Crippen LogP contribution in [-0.2, 0) is 9.47 Å². The SMILES string of the molecule is O=C(O[C@@H]1CCCO[C@@H]1C[Se]c1ccccc1)c1cccc(Br)c1. The van der Waals surface area contributed by atoms with E-state index in [2.05, 4.69) is 40.2 Å². The molecular formula is C19H19BrO3Se. The molecule has 0 amide bonds. The molecule has 2 aromatic carbocycles. The number of benzene rings is 2. The summed E-state index contributed by atoms with van der Waals surface area (Å²) in [6.45, 7) is 0.750. The van der Waals surface area contributed by atoms with Gasteiger partial charge in [0.15, 0.2) is 0 Å². The Hall–Kier alpha value is -1.13. The molecule has 5 heteroatoms. The van der Waals surface area contributed by atoms with Crippen LogP contribution in [0.4, 0.5) is 0 Å². The van der Waals surface area contributed by atoms with Gasteiger partial charge in [0.2, 0.25) is 0 Å². The van der Waals surface area contributed by atoms with Gasteiger partial charge in [-0.05, 0) is 0 Å². The third-order valence-electron chi connectivity index (χ3n) is 3.86. The van der Waals surface area contributed by atoms with E-state index in [1.807, 2.05) is 18.2 Å². The first-order chi connectivity index (χ1) is 11.7. The molecule has 2 aromatic rings. The van der Waals surface area contributed by atoms with E-state index < -0.39 is 0 Å². The quantitative estimate of drug-likeness (QED) is 0.512. The number of hydrogen-bond donors (Lipinski definition) is 0. The van der Waals surface area contributed by atoms with E-state index >= 15 is 0 Å². The number of esters is 1. The Morgan fingerprint density at radius 3 is 2.83 bits per heavy atom. The number of ether oxygens (including phenoxy) is 2. The predicted molar refractivity (Wildman–Crippen MR) is 99.0 cm³/mol. The Morgan fingerprint density at radius 2 is 2.04 bits per heavy atom. The summed E-state index contributed by atoms with van der Waals surface area (Å²) < 4.78 is 13.9. The molecule has 2 atom stereocenters. The summed E-state index contributed by atoms with van der Waals surface area (Å²) in [6.07, 6.45) is 1.64. The molecule has 1 heterocycles. The molecule has 1 aliphatic rings. The van der Waals surface area contributed by atoms with Crippen molar-refractivity contribution in [2.75, 3.05) is 6.61 Å². The van der Waals surface area contributed by atoms with Crippen LogP contribution in [0.2, 0.25) is 5.32 Å². The van der Waals surface area contributed by atoms with Gasteiger partial charge in [-0.3, -0.25) is 0 Å². The normalized spacial score (nSPS) is 20.5. The topological polar surface area (TPSA) is 35.5 Å². The number of carbonyl (C=O) groups is 1. The van der Waals surface area contributed by atoms with E-state index in [9.17, 15) is 4.79 Å². The Balaban J connectivity index is 1.60. The zero-order chi connectivity index (χ0) is 16.8. The first-order valence-electron chi connectivity index (χ1n) is 7.98. The molecule has 24 heavy (non-hydrogen) atoms. The van der Waals surface area contributed by atoms with E-state index in [-0.39, 0.29) is 18.2 Å². The molecule has 0 saturated carbocycles. The second-order valence-electron chi connectivity index (χ2n) is 5.63. The number of halogens is 1. The van der Waals surface area contributed by atoms with E-state index in [0.29, 0.717) is 20.5 Å². The van der Waals surface area contributed by atoms with Crippen molar-refractivity contribution in [2.24, 2.45) is 0 Å². The number of carbonyl (C=O) groups excluding carboxylic acids is 1. The van der Waals surface area contributed by atoms with E-state index in [4.69, 9.17) is 9.47 Å². The van der Waals surface area contributed by atoms with Crippen molar-refractivity contribution in [2.45, 2.75) is 30.4 Å². The van der Waals surface area contributed by atoms with Crippen molar-refractivity contribution in [3.63, 3.8) is 0 Å². The van der Waals surface area contributed by atoms with Gasteiger partial charge in [0, 0.05) is 0 Å². The fourth-order valence-electron chi connectivity index (χ4n) is 2.62. The van der Waals surface area contributed by atoms with Crippen molar-refractivity contribution < 1.29 is 14.3 Å². The van der Waals surface area contributed by atoms with Crippen LogP contribution in [0.15, 0.2) is 59.1 Å². The van der Waals surface area contributed by atoms with Gasteiger partial charge in [0.05, 0.1) is 0 Å². The van der Waals surface area contributed by atoms with Crippen LogP contribution in [0.25, 0.3) is 0 Å². The Morgan fingerprint density at radius 1 is 1.21 bits per heavy atom. The van der Waals surface area contributed by atoms with Gasteiger partial charge < -0.3 is 0 Å². The summed E-state index contributed by atoms with van der Waals surface area (Å²) in [5.41, 5.74) is 0.572. The van der Waals surface area contributed by atoms with Crippen LogP contribution in [0.1, 0.15) is 23.2 Å². The van der Waals surface area contributed by atoms with E-state index in [1.165, 1.54) is 4.46 Å². The molecular weight excluding hydrogens is 435 g/mol. The number of rotatable bonds is 5. The van der Waals surface area contributed by atoms with E-state index in [1.54, 1.807) is 12.1 Å². The van der Waals surface area contributed by atoms with Gasteiger partial charge in [-0.25, -0.2) is 0 Å². The predicted octanol–water partition coefficient (Wildman–Crippen LogP) is 3.60. The molecule has 1 fully saturated rings. The van der Waals surface area contributed by atoms with Gasteiger partial charge in [-0.2, -0.15) is 0 Å². The van der Waals surface area contributed by atoms with Gasteiger partial charge in [0.1, 0.15) is 0 Å². The molecule has 0 bridgehead atoms. The average Bonchev–Trinajstić information content (AvgIpc) is 2.62. The average molecular weight is 454 g/mol. The molecule has 0 radical (unpaired) electrons. The summed E-state index contributed by atoms with van der Waals surface area (Å²) in [7, 11) is 0. The standard InChI is InChI=1S/C19H19BrO3Se/c20-15-7-4-6-14(12-15)19(21)23-17-10-5-11-22-18(17)13-24-16-8-2-1-3-9-16/h1-4,6-9,12,17-18H,5,10-11,13H2/t17-,18-/m1/s1. The molecule has 0 aromatic heterocycles. The second kappa shape index (κ2) is 8.82. The van der Waals surface area contributed by atoms with Crippen LogP contribution in [0.5, 0.6) is 0 Å². The van der Waals surface area contributed by atoms with Crippen LogP contribution < -0.4 is 4.46 Å². The fourth-order valence-corrected chi connectivity index (χ4v) is 5.15. The Labute approximate surface area is 157 Å². The maximum atomic E-state index is 12.4. The minimum absolute atomic E-state index is 0.00457. The summed E-state index contributed by atoms with van der Waals surface area (Å²) in [5, 5.41) is 0.924. The Kier molecular flexibility index (Phi) is 6.50. The molecule has 1 aliphatic heterocycles. The minimum atomic E-state index is -0.274. The van der Waals surface area contributed by atoms with Crippen molar-refractivity contribution >= 4 is 41.3 Å². The van der Waals surface area contributed by atoms with Crippen LogP contribution >= 0.6 is 15.9 Å². The van der Waals surface area contributed by atoms with Gasteiger partial charge in [-0.1, -0.05) is 0 Å². The molecule has 3 rings (SSSR count). The zero-order valence-electron chi connectivity index (χ0n) is 13.2. The molecule has 0 unspecified atom stereocenters. The summed E-state index contributed by atoms with van der Waals surface area (Å²) >= 11 is 3.71. The summed E-state index contributed by atoms with van der Waals surface area (Å²) in [5.74, 6) is -0.274. The first-order valence-corrected chi connectivity index (χ1v) is 10.8. The van der Waals surface area contributed by atoms with Crippen molar-refractivity contribution in [1.29, 1.82) is 0 Å². The van der Waals surface area contributed by atoms with Crippen molar-refractivity contribution in [3.05, 3.63) is 64.6 Å². The van der Waals surface area contributed by atoms with Gasteiger partial charge >= 0.3 is 157 Å². The third-order valence-corrected chi connectivity index (χ3v) is 6.66. The molecule has 0 aliphatic carbocycles. The van der Waals surface area contributed by atoms with Gasteiger partial charge in [-0.15, -0.1) is 0 Å². The maximum absolute atomic E-state index is 12.4. The van der Waals surface area contributed by atoms with Crippen LogP contribution in [0.3, 0.4) is 0 Å². The summed E-state index contributed by atoms with van der Waals surface area (Å²) in [4.78, 5) is 12.4. The molecule has 3 nitrogen and oxygen atoms in total. The van der Waals surface area contributed by atoms with Crippen LogP contribution in [-0.4, -0.2) is 39.7 Å². The van der Waals surface area contributed by atoms with Crippen molar-refractivity contribution in [3.8, 4) is 0 Å². The molecule has 0 N–H and O–H groups in total. The zero-order valence-corrected chi connectivity index (χ0v) is 16.5. The van der Waals surface area contributed by atoms with Crippen molar-refractivity contribution in [1.82, 2.24) is 0 Å². The monoisotopic (exact) mass is 454 g/mol. The first kappa shape index (κ1) is 17.7. The summed E-state index contributed by atoms with van der Waals surface area (Å²) in [6, 6.07) is 17.7. The molecule has 126 valence electrons. The van der Waals surface area contributed by atoms with E-state index in [0.717, 1.165) is 29.2 Å². The third kappa shape index (κ3) is 4.93. The molecule has 1 saturated heterocycles. The fraction of sp³-hybridized carbons (Fsp3) is 0.316. The van der Waals surface area contributed by atoms with Gasteiger partial charge in [0.25, 0.3) is 0 Å². The van der Waals surface area contributed by atoms with Crippen LogP contribution in [0, 0.1) is 0 Å². The molecule has 0 spiro atoms.